The van der Waals surface area contributed by atoms with Gasteiger partial charge in [0.15, 0.2) is 0 Å². The third kappa shape index (κ3) is 2.73. The smallest absolute Gasteiger partial charge is 0.254 e. The molecule has 132 valence electrons. The molecule has 3 atom stereocenters. The van der Waals surface area contributed by atoms with Gasteiger partial charge in [-0.05, 0) is 43.9 Å². The second kappa shape index (κ2) is 6.24. The highest BCUT2D eigenvalue weighted by Gasteiger charge is 2.52. The van der Waals surface area contributed by atoms with Gasteiger partial charge in [0.2, 0.25) is 0 Å². The molecule has 0 unspecified atom stereocenters. The Bertz CT molecular complexity index is 763. The van der Waals surface area contributed by atoms with E-state index in [1.165, 1.54) is 0 Å². The Kier molecular flexibility index (Phi) is 4.05. The van der Waals surface area contributed by atoms with E-state index >= 15 is 0 Å². The van der Waals surface area contributed by atoms with Crippen LogP contribution in [0.15, 0.2) is 36.9 Å². The van der Waals surface area contributed by atoms with Gasteiger partial charge in [0.25, 0.3) is 5.91 Å². The largest absolute Gasteiger partial charge is 0.393 e. The van der Waals surface area contributed by atoms with Crippen molar-refractivity contribution in [3.8, 4) is 5.69 Å². The van der Waals surface area contributed by atoms with Crippen LogP contribution in [0.5, 0.6) is 0 Å². The Morgan fingerprint density at radius 2 is 2.12 bits per heavy atom. The topological polar surface area (TPSA) is 80.5 Å². The number of carbonyl (C=O) groups excluding carboxylic acids is 1. The van der Waals surface area contributed by atoms with Crippen LogP contribution in [0.4, 0.5) is 0 Å². The SMILES string of the molecule is CO[C@@]12CC[C@@H](O)C[C@@H]1N(C(=O)c1cccc(-n3cnnc3)c1)CC2. The minimum absolute atomic E-state index is 0.0204. The summed E-state index contributed by atoms with van der Waals surface area (Å²) in [6.45, 7) is 0.654. The molecule has 0 bridgehead atoms. The maximum Gasteiger partial charge on any atom is 0.254 e. The molecule has 7 heteroatoms. The number of fused-ring (bicyclic) bond motifs is 1. The number of aromatic nitrogens is 3. The first-order chi connectivity index (χ1) is 12.1. The van der Waals surface area contributed by atoms with E-state index in [0.29, 0.717) is 18.5 Å². The van der Waals surface area contributed by atoms with E-state index in [1.54, 1.807) is 24.3 Å². The minimum atomic E-state index is -0.370. The van der Waals surface area contributed by atoms with Crippen LogP contribution in [0.1, 0.15) is 36.0 Å². The quantitative estimate of drug-likeness (QED) is 0.912. The fourth-order valence-corrected chi connectivity index (χ4v) is 4.22. The number of likely N-dealkylation sites (tertiary alicyclic amines) is 1. The summed E-state index contributed by atoms with van der Waals surface area (Å²) in [5, 5.41) is 17.7. The summed E-state index contributed by atoms with van der Waals surface area (Å²) >= 11 is 0. The van der Waals surface area contributed by atoms with E-state index in [4.69, 9.17) is 4.74 Å². The van der Waals surface area contributed by atoms with Crippen molar-refractivity contribution in [2.75, 3.05) is 13.7 Å². The molecular formula is C18H22N4O3. The van der Waals surface area contributed by atoms with Crippen LogP contribution < -0.4 is 0 Å². The molecule has 2 aliphatic rings. The Labute approximate surface area is 146 Å². The lowest BCUT2D eigenvalue weighted by Crippen LogP contribution is -2.52. The summed E-state index contributed by atoms with van der Waals surface area (Å²) in [6, 6.07) is 7.36. The van der Waals surface area contributed by atoms with Gasteiger partial charge in [-0.25, -0.2) is 0 Å². The molecule has 1 aliphatic carbocycles. The van der Waals surface area contributed by atoms with Gasteiger partial charge in [-0.1, -0.05) is 6.07 Å². The minimum Gasteiger partial charge on any atom is -0.393 e. The number of carbonyl (C=O) groups is 1. The highest BCUT2D eigenvalue weighted by atomic mass is 16.5. The fraction of sp³-hybridized carbons (Fsp3) is 0.500. The number of aliphatic hydroxyl groups excluding tert-OH is 1. The Balaban J connectivity index is 1.62. The van der Waals surface area contributed by atoms with Crippen LogP contribution in [0.3, 0.4) is 0 Å². The van der Waals surface area contributed by atoms with E-state index < -0.39 is 0 Å². The van der Waals surface area contributed by atoms with Crippen molar-refractivity contribution in [2.24, 2.45) is 0 Å². The molecule has 1 saturated carbocycles. The number of rotatable bonds is 3. The molecule has 4 rings (SSSR count). The number of hydrogen-bond donors (Lipinski definition) is 1. The maximum atomic E-state index is 13.1. The molecule has 2 fully saturated rings. The second-order valence-corrected chi connectivity index (χ2v) is 6.88. The Hall–Kier alpha value is -2.25. The summed E-state index contributed by atoms with van der Waals surface area (Å²) in [6.07, 6.45) is 5.75. The number of methoxy groups -OCH3 is 1. The zero-order chi connectivity index (χ0) is 17.4. The predicted molar refractivity (Wildman–Crippen MR) is 90.4 cm³/mol. The lowest BCUT2D eigenvalue weighted by Gasteiger charge is -2.42. The summed E-state index contributed by atoms with van der Waals surface area (Å²) in [7, 11) is 1.71. The van der Waals surface area contributed by atoms with Crippen LogP contribution in [0.25, 0.3) is 5.69 Å². The standard InChI is InChI=1S/C18H22N4O3/c1-25-18-6-5-15(23)10-16(18)22(8-7-18)17(24)13-3-2-4-14(9-13)21-11-19-20-12-21/h2-4,9,11-12,15-16,23H,5-8,10H2,1H3/t15-,16+,18-/m1/s1. The lowest BCUT2D eigenvalue weighted by atomic mass is 9.79. The average Bonchev–Trinajstić information content (AvgIpc) is 3.29. The molecule has 7 nitrogen and oxygen atoms in total. The van der Waals surface area contributed by atoms with E-state index in [0.717, 1.165) is 24.9 Å². The van der Waals surface area contributed by atoms with Crippen LogP contribution in [0.2, 0.25) is 0 Å². The molecule has 1 N–H and O–H groups in total. The number of nitrogens with zero attached hydrogens (tertiary/aromatic N) is 4. The summed E-state index contributed by atoms with van der Waals surface area (Å²) in [4.78, 5) is 15.0. The van der Waals surface area contributed by atoms with Crippen molar-refractivity contribution in [2.45, 2.75) is 43.4 Å². The first kappa shape index (κ1) is 16.2. The van der Waals surface area contributed by atoms with Gasteiger partial charge in [0, 0.05) is 24.9 Å². The monoisotopic (exact) mass is 342 g/mol. The van der Waals surface area contributed by atoms with Crippen molar-refractivity contribution < 1.29 is 14.6 Å². The first-order valence-corrected chi connectivity index (χ1v) is 8.62. The zero-order valence-corrected chi connectivity index (χ0v) is 14.2. The van der Waals surface area contributed by atoms with Gasteiger partial charge in [-0.2, -0.15) is 0 Å². The summed E-state index contributed by atoms with van der Waals surface area (Å²) < 4.78 is 7.59. The van der Waals surface area contributed by atoms with Crippen molar-refractivity contribution >= 4 is 5.91 Å². The van der Waals surface area contributed by atoms with Crippen LogP contribution in [-0.2, 0) is 4.74 Å². The van der Waals surface area contributed by atoms with Crippen LogP contribution in [-0.4, -0.2) is 62.1 Å². The third-order valence-electron chi connectivity index (χ3n) is 5.63. The van der Waals surface area contributed by atoms with E-state index in [1.807, 2.05) is 29.2 Å². The first-order valence-electron chi connectivity index (χ1n) is 8.62. The number of ether oxygens (including phenoxy) is 1. The summed E-state index contributed by atoms with van der Waals surface area (Å²) in [5.41, 5.74) is 1.15. The van der Waals surface area contributed by atoms with Crippen molar-refractivity contribution in [3.63, 3.8) is 0 Å². The molecule has 2 aromatic rings. The third-order valence-corrected chi connectivity index (χ3v) is 5.63. The molecule has 2 heterocycles. The molecular weight excluding hydrogens is 320 g/mol. The normalized spacial score (nSPS) is 28.8. The van der Waals surface area contributed by atoms with Gasteiger partial charge in [0.1, 0.15) is 12.7 Å². The van der Waals surface area contributed by atoms with E-state index in [2.05, 4.69) is 10.2 Å². The van der Waals surface area contributed by atoms with E-state index in [-0.39, 0.29) is 23.7 Å². The van der Waals surface area contributed by atoms with Crippen molar-refractivity contribution in [3.05, 3.63) is 42.5 Å². The summed E-state index contributed by atoms with van der Waals surface area (Å²) in [5.74, 6) is -0.0204. The number of hydrogen-bond acceptors (Lipinski definition) is 5. The number of aliphatic hydroxyl groups is 1. The Morgan fingerprint density at radius 3 is 2.88 bits per heavy atom. The number of amides is 1. The van der Waals surface area contributed by atoms with Gasteiger partial charge in [0.05, 0.1) is 17.7 Å². The van der Waals surface area contributed by atoms with Gasteiger partial charge in [-0.3, -0.25) is 9.36 Å². The second-order valence-electron chi connectivity index (χ2n) is 6.88. The van der Waals surface area contributed by atoms with Crippen molar-refractivity contribution in [1.29, 1.82) is 0 Å². The molecule has 1 aromatic carbocycles. The molecule has 1 amide bonds. The average molecular weight is 342 g/mol. The fourth-order valence-electron chi connectivity index (χ4n) is 4.22. The molecule has 0 radical (unpaired) electrons. The Morgan fingerprint density at radius 1 is 1.32 bits per heavy atom. The molecule has 25 heavy (non-hydrogen) atoms. The highest BCUT2D eigenvalue weighted by molar-refractivity contribution is 5.95. The van der Waals surface area contributed by atoms with Gasteiger partial charge in [-0.15, -0.1) is 10.2 Å². The lowest BCUT2D eigenvalue weighted by molar-refractivity contribution is -0.0824. The molecule has 1 aliphatic heterocycles. The maximum absolute atomic E-state index is 13.1. The highest BCUT2D eigenvalue weighted by Crippen LogP contribution is 2.42. The molecule has 1 aromatic heterocycles. The van der Waals surface area contributed by atoms with Crippen LogP contribution >= 0.6 is 0 Å². The van der Waals surface area contributed by atoms with Gasteiger partial charge >= 0.3 is 0 Å². The predicted octanol–water partition coefficient (Wildman–Crippen LogP) is 1.41. The van der Waals surface area contributed by atoms with Gasteiger partial charge < -0.3 is 14.7 Å². The van der Waals surface area contributed by atoms with E-state index in [9.17, 15) is 9.90 Å². The van der Waals surface area contributed by atoms with Crippen molar-refractivity contribution in [1.82, 2.24) is 19.7 Å². The number of benzene rings is 1. The molecule has 0 spiro atoms. The zero-order valence-electron chi connectivity index (χ0n) is 14.2. The molecule has 1 saturated heterocycles. The van der Waals surface area contributed by atoms with Crippen LogP contribution in [0, 0.1) is 0 Å².